The number of aromatic nitrogens is 5. The standard InChI is InChI=1S/C11H16N6O/c1(7-18-8-9-2-3-9)6-12-10-4-5-11-13-15-16-17(11)14-10/h4-5,9H,1-3,6-8H2,(H,12,14). The van der Waals surface area contributed by atoms with Crippen molar-refractivity contribution in [2.75, 3.05) is 25.1 Å². The first-order chi connectivity index (χ1) is 8.92. The maximum absolute atomic E-state index is 5.56. The van der Waals surface area contributed by atoms with Crippen LogP contribution in [0.4, 0.5) is 5.82 Å². The molecule has 0 amide bonds. The van der Waals surface area contributed by atoms with Crippen molar-refractivity contribution in [1.29, 1.82) is 0 Å². The quantitative estimate of drug-likeness (QED) is 0.728. The fourth-order valence-corrected chi connectivity index (χ4v) is 1.67. The van der Waals surface area contributed by atoms with Gasteiger partial charge in [0.05, 0.1) is 0 Å². The zero-order valence-corrected chi connectivity index (χ0v) is 10.1. The predicted molar refractivity (Wildman–Crippen MR) is 65.2 cm³/mol. The molecule has 1 N–H and O–H groups in total. The Hall–Kier alpha value is -1.76. The SMILES string of the molecule is c1cc2nnnn2nc1NCCCOCC1CC1. The Morgan fingerprint density at radius 3 is 3.22 bits per heavy atom. The lowest BCUT2D eigenvalue weighted by Crippen LogP contribution is -2.09. The van der Waals surface area contributed by atoms with Gasteiger partial charge in [0.1, 0.15) is 5.82 Å². The van der Waals surface area contributed by atoms with E-state index >= 15 is 0 Å². The highest BCUT2D eigenvalue weighted by Gasteiger charge is 2.20. The third-order valence-electron chi connectivity index (χ3n) is 2.89. The van der Waals surface area contributed by atoms with Gasteiger partial charge in [0, 0.05) is 19.8 Å². The van der Waals surface area contributed by atoms with Gasteiger partial charge in [-0.2, -0.15) is 0 Å². The molecule has 0 bridgehead atoms. The number of ether oxygens (including phenoxy) is 1. The number of nitrogens with one attached hydrogen (secondary N) is 1. The second-order valence-corrected chi connectivity index (χ2v) is 4.54. The van der Waals surface area contributed by atoms with E-state index < -0.39 is 0 Å². The van der Waals surface area contributed by atoms with Crippen molar-refractivity contribution in [3.63, 3.8) is 0 Å². The molecule has 3 rings (SSSR count). The zero-order valence-electron chi connectivity index (χ0n) is 10.1. The van der Waals surface area contributed by atoms with Crippen LogP contribution < -0.4 is 5.32 Å². The van der Waals surface area contributed by atoms with Gasteiger partial charge in [-0.3, -0.25) is 0 Å². The topological polar surface area (TPSA) is 77.2 Å². The van der Waals surface area contributed by atoms with Crippen molar-refractivity contribution in [2.45, 2.75) is 19.3 Å². The minimum Gasteiger partial charge on any atom is -0.381 e. The number of anilines is 1. The van der Waals surface area contributed by atoms with Crippen molar-refractivity contribution in [1.82, 2.24) is 25.3 Å². The molecule has 2 heterocycles. The normalized spacial score (nSPS) is 15.1. The summed E-state index contributed by atoms with van der Waals surface area (Å²) in [7, 11) is 0. The van der Waals surface area contributed by atoms with Gasteiger partial charge in [-0.25, -0.2) is 0 Å². The molecule has 1 aliphatic rings. The molecule has 1 saturated carbocycles. The number of rotatable bonds is 7. The largest absolute Gasteiger partial charge is 0.381 e. The first-order valence-corrected chi connectivity index (χ1v) is 6.29. The van der Waals surface area contributed by atoms with Gasteiger partial charge in [0.15, 0.2) is 5.65 Å². The first kappa shape index (κ1) is 11.3. The van der Waals surface area contributed by atoms with Crippen LogP contribution in [0.2, 0.25) is 0 Å². The molecule has 1 fully saturated rings. The highest BCUT2D eigenvalue weighted by Crippen LogP contribution is 2.28. The molecule has 7 heteroatoms. The Morgan fingerprint density at radius 1 is 1.39 bits per heavy atom. The smallest absolute Gasteiger partial charge is 0.200 e. The Kier molecular flexibility index (Phi) is 3.31. The van der Waals surface area contributed by atoms with Crippen molar-refractivity contribution in [3.8, 4) is 0 Å². The molecule has 0 aromatic carbocycles. The summed E-state index contributed by atoms with van der Waals surface area (Å²) < 4.78 is 6.96. The van der Waals surface area contributed by atoms with E-state index in [0.717, 1.165) is 37.9 Å². The molecule has 0 atom stereocenters. The van der Waals surface area contributed by atoms with E-state index in [1.165, 1.54) is 17.5 Å². The molecular weight excluding hydrogens is 232 g/mol. The summed E-state index contributed by atoms with van der Waals surface area (Å²) >= 11 is 0. The van der Waals surface area contributed by atoms with E-state index in [0.29, 0.717) is 5.65 Å². The molecule has 0 radical (unpaired) electrons. The van der Waals surface area contributed by atoms with Gasteiger partial charge in [0.25, 0.3) is 0 Å². The van der Waals surface area contributed by atoms with Crippen LogP contribution >= 0.6 is 0 Å². The van der Waals surface area contributed by atoms with E-state index in [2.05, 4.69) is 25.9 Å². The summed E-state index contributed by atoms with van der Waals surface area (Å²) in [4.78, 5) is 0. The predicted octanol–water partition coefficient (Wildman–Crippen LogP) is 0.748. The monoisotopic (exact) mass is 248 g/mol. The van der Waals surface area contributed by atoms with E-state index in [4.69, 9.17) is 4.74 Å². The third kappa shape index (κ3) is 2.92. The van der Waals surface area contributed by atoms with E-state index in [1.807, 2.05) is 12.1 Å². The molecule has 0 spiro atoms. The van der Waals surface area contributed by atoms with Crippen LogP contribution in [0.15, 0.2) is 12.1 Å². The highest BCUT2D eigenvalue weighted by molar-refractivity contribution is 5.41. The Bertz CT molecular complexity index is 509. The van der Waals surface area contributed by atoms with E-state index in [9.17, 15) is 0 Å². The van der Waals surface area contributed by atoms with Gasteiger partial charge >= 0.3 is 0 Å². The molecule has 7 nitrogen and oxygen atoms in total. The lowest BCUT2D eigenvalue weighted by Gasteiger charge is -2.05. The molecule has 1 aliphatic carbocycles. The molecule has 0 aliphatic heterocycles. The second-order valence-electron chi connectivity index (χ2n) is 4.54. The fraction of sp³-hybridized carbons (Fsp3) is 0.636. The summed E-state index contributed by atoms with van der Waals surface area (Å²) in [6.07, 6.45) is 3.66. The third-order valence-corrected chi connectivity index (χ3v) is 2.89. The van der Waals surface area contributed by atoms with Crippen LogP contribution in [0.3, 0.4) is 0 Å². The van der Waals surface area contributed by atoms with Crippen LogP contribution in [-0.2, 0) is 4.74 Å². The summed E-state index contributed by atoms with van der Waals surface area (Å²) in [5.41, 5.74) is 0.647. The van der Waals surface area contributed by atoms with Crippen molar-refractivity contribution < 1.29 is 4.74 Å². The molecular formula is C11H16N6O. The number of hydrogen-bond donors (Lipinski definition) is 1. The minimum absolute atomic E-state index is 0.647. The van der Waals surface area contributed by atoms with Crippen molar-refractivity contribution in [3.05, 3.63) is 12.1 Å². The van der Waals surface area contributed by atoms with Gasteiger partial charge in [-0.1, -0.05) is 0 Å². The zero-order chi connectivity index (χ0) is 12.2. The van der Waals surface area contributed by atoms with Gasteiger partial charge in [-0.15, -0.1) is 14.8 Å². The van der Waals surface area contributed by atoms with E-state index in [-0.39, 0.29) is 0 Å². The summed E-state index contributed by atoms with van der Waals surface area (Å²) in [5.74, 6) is 1.61. The Labute approximate surface area is 105 Å². The Balaban J connectivity index is 1.38. The number of fused-ring (bicyclic) bond motifs is 1. The molecule has 96 valence electrons. The first-order valence-electron chi connectivity index (χ1n) is 6.29. The number of hydrogen-bond acceptors (Lipinski definition) is 6. The molecule has 0 unspecified atom stereocenters. The molecule has 2 aromatic rings. The van der Waals surface area contributed by atoms with Gasteiger partial charge in [0.2, 0.25) is 0 Å². The molecule has 2 aromatic heterocycles. The van der Waals surface area contributed by atoms with Crippen molar-refractivity contribution >= 4 is 11.5 Å². The van der Waals surface area contributed by atoms with E-state index in [1.54, 1.807) is 0 Å². The average Bonchev–Trinajstić information content (AvgIpc) is 3.09. The maximum atomic E-state index is 5.56. The second kappa shape index (κ2) is 5.26. The minimum atomic E-state index is 0.647. The summed E-state index contributed by atoms with van der Waals surface area (Å²) in [5, 5.41) is 18.5. The van der Waals surface area contributed by atoms with Gasteiger partial charge in [-0.05, 0) is 47.7 Å². The molecule has 18 heavy (non-hydrogen) atoms. The number of nitrogens with zero attached hydrogens (tertiary/aromatic N) is 5. The summed E-state index contributed by atoms with van der Waals surface area (Å²) in [6.45, 7) is 2.57. The molecule has 0 saturated heterocycles. The van der Waals surface area contributed by atoms with Gasteiger partial charge < -0.3 is 10.1 Å². The van der Waals surface area contributed by atoms with Crippen LogP contribution in [0.25, 0.3) is 5.65 Å². The fourth-order valence-electron chi connectivity index (χ4n) is 1.67. The van der Waals surface area contributed by atoms with Crippen LogP contribution in [-0.4, -0.2) is 45.0 Å². The highest BCUT2D eigenvalue weighted by atomic mass is 16.5. The number of tetrazole rings is 1. The van der Waals surface area contributed by atoms with Crippen molar-refractivity contribution in [2.24, 2.45) is 5.92 Å². The van der Waals surface area contributed by atoms with Crippen LogP contribution in [0.1, 0.15) is 19.3 Å². The van der Waals surface area contributed by atoms with Crippen LogP contribution in [0, 0.1) is 5.92 Å². The lowest BCUT2D eigenvalue weighted by atomic mass is 10.4. The van der Waals surface area contributed by atoms with Crippen LogP contribution in [0.5, 0.6) is 0 Å². The maximum Gasteiger partial charge on any atom is 0.200 e. The lowest BCUT2D eigenvalue weighted by molar-refractivity contribution is 0.124. The summed E-state index contributed by atoms with van der Waals surface area (Å²) in [6, 6.07) is 3.70. The average molecular weight is 248 g/mol. The Morgan fingerprint density at radius 2 is 2.33 bits per heavy atom.